The Balaban J connectivity index is 1.74. The number of hydrogen-bond donors (Lipinski definition) is 1. The summed E-state index contributed by atoms with van der Waals surface area (Å²) in [5.74, 6) is 1.11. The lowest BCUT2D eigenvalue weighted by molar-refractivity contribution is -0.163. The summed E-state index contributed by atoms with van der Waals surface area (Å²) in [5.41, 5.74) is 2.46. The van der Waals surface area contributed by atoms with Gasteiger partial charge in [0, 0.05) is 41.6 Å². The maximum atomic E-state index is 13.3. The van der Waals surface area contributed by atoms with Crippen molar-refractivity contribution in [2.75, 3.05) is 27.3 Å². The second kappa shape index (κ2) is 6.08. The topological polar surface area (TPSA) is 71.6 Å². The molecule has 6 rings (SSSR count). The Morgan fingerprint density at radius 2 is 2.11 bits per heavy atom. The highest BCUT2D eigenvalue weighted by Crippen LogP contribution is 2.54. The Labute approximate surface area is 164 Å². The Morgan fingerprint density at radius 1 is 1.29 bits per heavy atom. The molecule has 4 bridgehead atoms. The first-order chi connectivity index (χ1) is 13.5. The third-order valence-electron chi connectivity index (χ3n) is 7.39. The summed E-state index contributed by atoms with van der Waals surface area (Å²) >= 11 is 0. The molecule has 4 aliphatic rings. The van der Waals surface area contributed by atoms with Gasteiger partial charge in [-0.2, -0.15) is 0 Å². The van der Waals surface area contributed by atoms with E-state index in [1.165, 1.54) is 12.7 Å². The van der Waals surface area contributed by atoms with Gasteiger partial charge in [-0.15, -0.1) is 0 Å². The predicted molar refractivity (Wildman–Crippen MR) is 105 cm³/mol. The summed E-state index contributed by atoms with van der Waals surface area (Å²) in [4.78, 5) is 31.5. The van der Waals surface area contributed by atoms with Gasteiger partial charge in [0.1, 0.15) is 16.9 Å². The van der Waals surface area contributed by atoms with Crippen molar-refractivity contribution < 1.29 is 19.1 Å². The number of H-pyrrole nitrogens is 1. The highest BCUT2D eigenvalue weighted by atomic mass is 16.5. The smallest absolute Gasteiger partial charge is 0.319 e. The molecule has 1 aromatic carbocycles. The average molecular weight is 382 g/mol. The van der Waals surface area contributed by atoms with E-state index in [2.05, 4.69) is 16.0 Å². The van der Waals surface area contributed by atoms with E-state index in [1.807, 2.05) is 12.1 Å². The number of piperidine rings is 2. The first kappa shape index (κ1) is 17.7. The molecule has 1 N–H and O–H groups in total. The number of ketones is 1. The molecule has 3 aliphatic heterocycles. The number of hydrogen-bond acceptors (Lipinski definition) is 5. The third kappa shape index (κ3) is 2.18. The van der Waals surface area contributed by atoms with Crippen LogP contribution in [0, 0.1) is 11.8 Å². The Morgan fingerprint density at radius 3 is 2.79 bits per heavy atom. The zero-order chi connectivity index (χ0) is 19.6. The zero-order valence-electron chi connectivity index (χ0n) is 16.6. The number of fused-ring (bicyclic) bond motifs is 4. The first-order valence-electron chi connectivity index (χ1n) is 10.0. The van der Waals surface area contributed by atoms with Crippen LogP contribution >= 0.6 is 0 Å². The van der Waals surface area contributed by atoms with Crippen LogP contribution < -0.4 is 4.74 Å². The second-order valence-electron chi connectivity index (χ2n) is 8.53. The number of esters is 1. The van der Waals surface area contributed by atoms with Gasteiger partial charge < -0.3 is 14.5 Å². The van der Waals surface area contributed by atoms with Crippen LogP contribution in [0.1, 0.15) is 31.0 Å². The van der Waals surface area contributed by atoms with Gasteiger partial charge in [0.2, 0.25) is 0 Å². The lowest BCUT2D eigenvalue weighted by Gasteiger charge is -2.56. The van der Waals surface area contributed by atoms with Crippen LogP contribution in [0.4, 0.5) is 0 Å². The van der Waals surface area contributed by atoms with Crippen LogP contribution in [-0.2, 0) is 26.2 Å². The molecule has 0 radical (unpaired) electrons. The minimum absolute atomic E-state index is 0.00458. The fourth-order valence-corrected chi connectivity index (χ4v) is 6.17. The quantitative estimate of drug-likeness (QED) is 0.826. The number of ether oxygens (including phenoxy) is 2. The van der Waals surface area contributed by atoms with Crippen molar-refractivity contribution in [1.29, 1.82) is 0 Å². The van der Waals surface area contributed by atoms with E-state index in [0.29, 0.717) is 6.42 Å². The van der Waals surface area contributed by atoms with Crippen LogP contribution in [0.2, 0.25) is 0 Å². The number of carbonyl (C=O) groups is 2. The first-order valence-corrected chi connectivity index (χ1v) is 10.0. The maximum absolute atomic E-state index is 13.3. The minimum Gasteiger partial charge on any atom is -0.497 e. The van der Waals surface area contributed by atoms with Gasteiger partial charge in [-0.1, -0.05) is 0 Å². The zero-order valence-corrected chi connectivity index (χ0v) is 16.6. The summed E-state index contributed by atoms with van der Waals surface area (Å²) in [5, 5.41) is 1.12. The number of benzene rings is 1. The van der Waals surface area contributed by atoms with Crippen LogP contribution in [0.25, 0.3) is 10.9 Å². The molecule has 148 valence electrons. The normalized spacial score (nSPS) is 33.2. The number of rotatable bonds is 3. The Kier molecular flexibility index (Phi) is 3.85. The molecular weight excluding hydrogens is 356 g/mol. The molecule has 4 heterocycles. The predicted octanol–water partition coefficient (Wildman–Crippen LogP) is 2.44. The van der Waals surface area contributed by atoms with Gasteiger partial charge in [-0.25, -0.2) is 0 Å². The molecule has 0 spiro atoms. The molecule has 6 nitrogen and oxygen atoms in total. The molecule has 28 heavy (non-hydrogen) atoms. The summed E-state index contributed by atoms with van der Waals surface area (Å²) in [6, 6.07) is 6.01. The van der Waals surface area contributed by atoms with Crippen molar-refractivity contribution in [2.45, 2.75) is 37.6 Å². The summed E-state index contributed by atoms with van der Waals surface area (Å²) in [6.45, 7) is 3.47. The van der Waals surface area contributed by atoms with E-state index in [1.54, 1.807) is 14.0 Å². The lowest BCUT2D eigenvalue weighted by atomic mass is 9.56. The largest absolute Gasteiger partial charge is 0.497 e. The van der Waals surface area contributed by atoms with E-state index >= 15 is 0 Å². The van der Waals surface area contributed by atoms with Crippen LogP contribution in [-0.4, -0.2) is 55.0 Å². The number of methoxy groups -OCH3 is 2. The van der Waals surface area contributed by atoms with Crippen molar-refractivity contribution in [3.63, 3.8) is 0 Å². The molecular formula is C22H26N2O4. The third-order valence-corrected chi connectivity index (χ3v) is 7.39. The van der Waals surface area contributed by atoms with Crippen LogP contribution in [0.3, 0.4) is 0 Å². The second-order valence-corrected chi connectivity index (χ2v) is 8.53. The standard InChI is InChI=1S/C22H26N2O4/c1-12(25)16-9-19-22(21(26)28-3)10-13(16)11-24(19)7-6-15-17-8-14(27-2)4-5-18(17)23-20(15)22/h4-5,8,13,16,19,23H,6-7,9-11H2,1-3H3. The number of nitrogens with one attached hydrogen (secondary N) is 1. The molecule has 1 aromatic heterocycles. The lowest BCUT2D eigenvalue weighted by Crippen LogP contribution is -2.66. The number of aromatic nitrogens is 1. The SMILES string of the molecule is COC(=O)C12CC3CN(CCc4c1[nH]c1ccc(OC)cc41)C2CC3C(C)=O. The van der Waals surface area contributed by atoms with Gasteiger partial charge in [-0.3, -0.25) is 14.5 Å². The molecule has 5 atom stereocenters. The molecule has 2 saturated heterocycles. The van der Waals surface area contributed by atoms with Crippen LogP contribution in [0.15, 0.2) is 18.2 Å². The highest BCUT2D eigenvalue weighted by Gasteiger charge is 2.62. The average Bonchev–Trinajstić information content (AvgIpc) is 3.05. The fourth-order valence-electron chi connectivity index (χ4n) is 6.17. The Hall–Kier alpha value is -2.34. The maximum Gasteiger partial charge on any atom is 0.319 e. The van der Waals surface area contributed by atoms with Gasteiger partial charge in [0.05, 0.1) is 14.2 Å². The number of Topliss-reactive ketones (excluding diaryl/α,β-unsaturated/α-hetero) is 1. The monoisotopic (exact) mass is 382 g/mol. The molecule has 6 heteroatoms. The van der Waals surface area contributed by atoms with Crippen molar-refractivity contribution in [3.8, 4) is 5.75 Å². The number of aromatic amines is 1. The molecule has 0 amide bonds. The van der Waals surface area contributed by atoms with Crippen molar-refractivity contribution in [3.05, 3.63) is 29.5 Å². The van der Waals surface area contributed by atoms with E-state index in [0.717, 1.165) is 48.3 Å². The molecule has 1 saturated carbocycles. The number of carbonyl (C=O) groups excluding carboxylic acids is 2. The fraction of sp³-hybridized carbons (Fsp3) is 0.545. The Bertz CT molecular complexity index is 980. The van der Waals surface area contributed by atoms with Gasteiger partial charge in [0.15, 0.2) is 0 Å². The molecule has 1 aliphatic carbocycles. The van der Waals surface area contributed by atoms with E-state index in [9.17, 15) is 9.59 Å². The van der Waals surface area contributed by atoms with Gasteiger partial charge >= 0.3 is 5.97 Å². The molecule has 2 aromatic rings. The van der Waals surface area contributed by atoms with E-state index in [-0.39, 0.29) is 29.6 Å². The van der Waals surface area contributed by atoms with E-state index in [4.69, 9.17) is 9.47 Å². The summed E-state index contributed by atoms with van der Waals surface area (Å²) in [6.07, 6.45) is 2.27. The summed E-state index contributed by atoms with van der Waals surface area (Å²) in [7, 11) is 3.14. The summed E-state index contributed by atoms with van der Waals surface area (Å²) < 4.78 is 10.8. The highest BCUT2D eigenvalue weighted by molar-refractivity contribution is 5.92. The van der Waals surface area contributed by atoms with Gasteiger partial charge in [0.25, 0.3) is 0 Å². The van der Waals surface area contributed by atoms with Crippen molar-refractivity contribution in [2.24, 2.45) is 11.8 Å². The number of nitrogens with zero attached hydrogens (tertiary/aromatic N) is 1. The van der Waals surface area contributed by atoms with Crippen LogP contribution in [0.5, 0.6) is 5.75 Å². The molecule has 5 unspecified atom stereocenters. The van der Waals surface area contributed by atoms with Crippen molar-refractivity contribution >= 4 is 22.7 Å². The van der Waals surface area contributed by atoms with Crippen molar-refractivity contribution in [1.82, 2.24) is 9.88 Å². The molecule has 3 fully saturated rings. The minimum atomic E-state index is -0.734. The van der Waals surface area contributed by atoms with E-state index < -0.39 is 5.41 Å². The van der Waals surface area contributed by atoms with Gasteiger partial charge in [-0.05, 0) is 55.9 Å².